The van der Waals surface area contributed by atoms with Crippen molar-refractivity contribution >= 4 is 17.6 Å². The molecule has 1 aliphatic heterocycles. The van der Waals surface area contributed by atoms with Crippen LogP contribution in [0.15, 0.2) is 16.8 Å². The van der Waals surface area contributed by atoms with Gasteiger partial charge in [0.1, 0.15) is 0 Å². The van der Waals surface area contributed by atoms with Gasteiger partial charge in [-0.2, -0.15) is 0 Å². The second kappa shape index (κ2) is 10.8. The third-order valence-corrected chi connectivity index (χ3v) is 11.3. The largest absolute Gasteiger partial charge is 0.481 e. The molecule has 1 amide bonds. The SMILES string of the molecule is CC1(C)C[C@H]([C@H](CC(=O)O)NC(=O)CO/N=C2\C=C3CC[C@H]4[C@@H]5CC[C@H](O)[C@@]5(C)CC[C@@H]4[C@@]3(C)CC2)CCO1. The number of aliphatic hydroxyl groups is 1. The zero-order valence-corrected chi connectivity index (χ0v) is 24.2. The summed E-state index contributed by atoms with van der Waals surface area (Å²) in [5, 5.41) is 27.3. The first kappa shape index (κ1) is 28.6. The third kappa shape index (κ3) is 5.65. The molecule has 3 saturated carbocycles. The maximum atomic E-state index is 12.7. The lowest BCUT2D eigenvalue weighted by molar-refractivity contribution is -0.139. The molecule has 3 N–H and O–H groups in total. The van der Waals surface area contributed by atoms with Crippen LogP contribution in [0.5, 0.6) is 0 Å². The van der Waals surface area contributed by atoms with E-state index in [2.05, 4.69) is 30.4 Å². The number of amides is 1. The molecule has 0 spiro atoms. The Morgan fingerprint density at radius 1 is 1.10 bits per heavy atom. The van der Waals surface area contributed by atoms with E-state index in [9.17, 15) is 19.8 Å². The molecule has 0 aromatic carbocycles. The number of carboxylic acid groups (broad SMARTS) is 1. The zero-order valence-electron chi connectivity index (χ0n) is 24.2. The van der Waals surface area contributed by atoms with Crippen molar-refractivity contribution in [2.45, 2.75) is 116 Å². The molecule has 8 nitrogen and oxygen atoms in total. The van der Waals surface area contributed by atoms with Crippen molar-refractivity contribution in [2.75, 3.05) is 13.2 Å². The minimum absolute atomic E-state index is 0.0427. The summed E-state index contributed by atoms with van der Waals surface area (Å²) in [7, 11) is 0. The molecule has 0 unspecified atom stereocenters. The average molecular weight is 545 g/mol. The first-order chi connectivity index (χ1) is 18.4. The number of rotatable bonds is 7. The Morgan fingerprint density at radius 3 is 2.64 bits per heavy atom. The molecule has 4 fully saturated rings. The Labute approximate surface area is 233 Å². The predicted molar refractivity (Wildman–Crippen MR) is 148 cm³/mol. The lowest BCUT2D eigenvalue weighted by atomic mass is 9.47. The van der Waals surface area contributed by atoms with Crippen molar-refractivity contribution in [3.63, 3.8) is 0 Å². The molecule has 218 valence electrons. The van der Waals surface area contributed by atoms with Gasteiger partial charge >= 0.3 is 5.97 Å². The van der Waals surface area contributed by atoms with Crippen LogP contribution in [0.3, 0.4) is 0 Å². The van der Waals surface area contributed by atoms with Crippen LogP contribution in [0, 0.1) is 34.5 Å². The highest BCUT2D eigenvalue weighted by atomic mass is 16.6. The summed E-state index contributed by atoms with van der Waals surface area (Å²) in [5.74, 6) is 0.772. The number of nitrogens with zero attached hydrogens (tertiary/aromatic N) is 1. The van der Waals surface area contributed by atoms with Crippen LogP contribution in [0.4, 0.5) is 0 Å². The molecule has 0 radical (unpaired) electrons. The van der Waals surface area contributed by atoms with Crippen molar-refractivity contribution in [2.24, 2.45) is 39.7 Å². The predicted octanol–water partition coefficient (Wildman–Crippen LogP) is 4.85. The monoisotopic (exact) mass is 544 g/mol. The van der Waals surface area contributed by atoms with Crippen molar-refractivity contribution in [3.8, 4) is 0 Å². The van der Waals surface area contributed by atoms with E-state index >= 15 is 0 Å². The summed E-state index contributed by atoms with van der Waals surface area (Å²) in [4.78, 5) is 29.7. The molecule has 0 bridgehead atoms. The lowest BCUT2D eigenvalue weighted by Gasteiger charge is -2.57. The number of allylic oxidation sites excluding steroid dienone is 2. The number of ether oxygens (including phenoxy) is 1. The fraction of sp³-hybridized carbons (Fsp3) is 0.839. The number of hydrogen-bond acceptors (Lipinski definition) is 6. The van der Waals surface area contributed by atoms with Crippen molar-refractivity contribution in [3.05, 3.63) is 11.6 Å². The number of nitrogens with one attached hydrogen (secondary N) is 1. The highest BCUT2D eigenvalue weighted by molar-refractivity contribution is 5.96. The quantitative estimate of drug-likeness (QED) is 0.395. The number of oxime groups is 1. The molecule has 5 aliphatic rings. The minimum Gasteiger partial charge on any atom is -0.481 e. The van der Waals surface area contributed by atoms with Crippen molar-refractivity contribution in [1.82, 2.24) is 5.32 Å². The van der Waals surface area contributed by atoms with E-state index in [1.165, 1.54) is 18.4 Å². The molecular formula is C31H48N2O6. The van der Waals surface area contributed by atoms with Crippen LogP contribution in [0.1, 0.15) is 98.3 Å². The minimum atomic E-state index is -0.927. The number of aliphatic hydroxyl groups excluding tert-OH is 1. The van der Waals surface area contributed by atoms with Crippen LogP contribution in [0.25, 0.3) is 0 Å². The van der Waals surface area contributed by atoms with Gasteiger partial charge in [-0.3, -0.25) is 9.59 Å². The maximum absolute atomic E-state index is 12.7. The molecular weight excluding hydrogens is 496 g/mol. The van der Waals surface area contributed by atoms with E-state index in [0.717, 1.165) is 50.7 Å². The Morgan fingerprint density at radius 2 is 1.90 bits per heavy atom. The topological polar surface area (TPSA) is 117 Å². The van der Waals surface area contributed by atoms with E-state index in [1.807, 2.05) is 13.8 Å². The summed E-state index contributed by atoms with van der Waals surface area (Å²) in [6, 6.07) is -0.458. The second-order valence-corrected chi connectivity index (χ2v) is 14.1. The van der Waals surface area contributed by atoms with E-state index in [1.54, 1.807) is 0 Å². The molecule has 0 aromatic heterocycles. The van der Waals surface area contributed by atoms with E-state index in [-0.39, 0.29) is 47.4 Å². The molecule has 5 rings (SSSR count). The summed E-state index contributed by atoms with van der Waals surface area (Å²) in [6.07, 6.45) is 11.9. The van der Waals surface area contributed by atoms with Crippen LogP contribution in [0.2, 0.25) is 0 Å². The Balaban J connectivity index is 1.18. The van der Waals surface area contributed by atoms with Crippen molar-refractivity contribution in [1.29, 1.82) is 0 Å². The summed E-state index contributed by atoms with van der Waals surface area (Å²) in [6.45, 7) is 9.10. The van der Waals surface area contributed by atoms with Gasteiger partial charge in [-0.15, -0.1) is 0 Å². The molecule has 1 saturated heterocycles. The zero-order chi connectivity index (χ0) is 28.0. The summed E-state index contributed by atoms with van der Waals surface area (Å²) >= 11 is 0. The average Bonchev–Trinajstić information content (AvgIpc) is 3.17. The molecule has 39 heavy (non-hydrogen) atoms. The second-order valence-electron chi connectivity index (χ2n) is 14.1. The van der Waals surface area contributed by atoms with E-state index < -0.39 is 12.0 Å². The van der Waals surface area contributed by atoms with Crippen molar-refractivity contribution < 1.29 is 29.4 Å². The molecule has 0 aromatic rings. The van der Waals surface area contributed by atoms with Gasteiger partial charge in [-0.1, -0.05) is 24.6 Å². The first-order valence-electron chi connectivity index (χ1n) is 15.1. The van der Waals surface area contributed by atoms with Gasteiger partial charge in [0.2, 0.25) is 0 Å². The third-order valence-electron chi connectivity index (χ3n) is 11.3. The molecule has 8 atom stereocenters. The number of fused-ring (bicyclic) bond motifs is 5. The van der Waals surface area contributed by atoms with Gasteiger partial charge in [0.05, 0.1) is 23.8 Å². The number of carbonyl (C=O) groups excluding carboxylic acids is 1. The molecule has 4 aliphatic carbocycles. The first-order valence-corrected chi connectivity index (χ1v) is 15.1. The van der Waals surface area contributed by atoms with E-state index in [4.69, 9.17) is 9.57 Å². The van der Waals surface area contributed by atoms with Crippen LogP contribution in [-0.4, -0.2) is 58.8 Å². The fourth-order valence-corrected chi connectivity index (χ4v) is 9.18. The lowest BCUT2D eigenvalue weighted by Crippen LogP contribution is -2.51. The highest BCUT2D eigenvalue weighted by Crippen LogP contribution is 2.65. The number of carboxylic acids is 1. The number of aliphatic carboxylic acids is 1. The smallest absolute Gasteiger partial charge is 0.305 e. The molecule has 1 heterocycles. The number of hydrogen-bond donors (Lipinski definition) is 3. The van der Waals surface area contributed by atoms with Crippen LogP contribution >= 0.6 is 0 Å². The Kier molecular flexibility index (Phi) is 7.92. The van der Waals surface area contributed by atoms with Gasteiger partial charge in [-0.05, 0) is 119 Å². The van der Waals surface area contributed by atoms with Gasteiger partial charge in [0, 0.05) is 12.6 Å². The maximum Gasteiger partial charge on any atom is 0.305 e. The van der Waals surface area contributed by atoms with Crippen LogP contribution < -0.4 is 5.32 Å². The summed E-state index contributed by atoms with van der Waals surface area (Å²) in [5.41, 5.74) is 2.30. The Hall–Kier alpha value is -1.93. The van der Waals surface area contributed by atoms with E-state index in [0.29, 0.717) is 30.8 Å². The normalized spacial score (nSPS) is 41.0. The Bertz CT molecular complexity index is 1020. The number of carbonyl (C=O) groups is 2. The highest BCUT2D eigenvalue weighted by Gasteiger charge is 2.58. The van der Waals surface area contributed by atoms with Gasteiger partial charge in [0.25, 0.3) is 5.91 Å². The van der Waals surface area contributed by atoms with Gasteiger partial charge in [-0.25, -0.2) is 0 Å². The molecule has 8 heteroatoms. The van der Waals surface area contributed by atoms with Gasteiger partial charge < -0.3 is 25.1 Å². The van der Waals surface area contributed by atoms with Gasteiger partial charge in [0.15, 0.2) is 6.61 Å². The van der Waals surface area contributed by atoms with Crippen LogP contribution in [-0.2, 0) is 19.2 Å². The fourth-order valence-electron chi connectivity index (χ4n) is 9.18. The standard InChI is InChI=1S/C31H48N2O6/c1-29(2)17-19(11-14-38-29)25(16-28(36)37)32-27(35)18-39-33-21-9-12-30(3)20(15-21)5-6-22-23-7-8-26(34)31(23,4)13-10-24(22)30/h15,19,22-26,34H,5-14,16-18H2,1-4H3,(H,32,35)(H,36,37)/b33-21-/t19-,22+,23+,24+,25+,26+,30+,31+/m1/s1. The summed E-state index contributed by atoms with van der Waals surface area (Å²) < 4.78 is 5.77.